The first-order valence-corrected chi connectivity index (χ1v) is 9.22. The summed E-state index contributed by atoms with van der Waals surface area (Å²) in [5.41, 5.74) is 0. The van der Waals surface area contributed by atoms with Crippen molar-refractivity contribution in [2.45, 2.75) is 18.9 Å². The number of ether oxygens (including phenoxy) is 1. The van der Waals surface area contributed by atoms with E-state index >= 15 is 0 Å². The molecule has 0 aliphatic carbocycles. The predicted molar refractivity (Wildman–Crippen MR) is 93.3 cm³/mol. The number of thiophene rings is 1. The minimum absolute atomic E-state index is 0.0698. The summed E-state index contributed by atoms with van der Waals surface area (Å²) < 4.78 is 6.61. The Kier molecular flexibility index (Phi) is 4.24. The molecular formula is C18H20N2O3S. The van der Waals surface area contributed by atoms with E-state index in [0.29, 0.717) is 32.8 Å². The molecule has 1 aromatic carbocycles. The molecule has 2 aliphatic rings. The molecule has 5 nitrogen and oxygen atoms in total. The molecule has 1 atom stereocenters. The minimum Gasteiger partial charge on any atom is -0.368 e. The zero-order valence-electron chi connectivity index (χ0n) is 13.4. The van der Waals surface area contributed by atoms with E-state index in [4.69, 9.17) is 4.74 Å². The van der Waals surface area contributed by atoms with Crippen LogP contribution in [0.2, 0.25) is 0 Å². The van der Waals surface area contributed by atoms with Crippen LogP contribution in [0, 0.1) is 0 Å². The molecule has 1 unspecified atom stereocenters. The zero-order valence-corrected chi connectivity index (χ0v) is 14.3. The summed E-state index contributed by atoms with van der Waals surface area (Å²) in [5.74, 6) is 0.155. The summed E-state index contributed by atoms with van der Waals surface area (Å²) in [6, 6.07) is 10.0. The van der Waals surface area contributed by atoms with Gasteiger partial charge in [-0.25, -0.2) is 0 Å². The van der Waals surface area contributed by atoms with E-state index < -0.39 is 0 Å². The van der Waals surface area contributed by atoms with Crippen molar-refractivity contribution >= 4 is 33.2 Å². The molecule has 3 heterocycles. The van der Waals surface area contributed by atoms with Crippen LogP contribution in [-0.4, -0.2) is 60.5 Å². The molecule has 6 heteroatoms. The second kappa shape index (κ2) is 6.53. The van der Waals surface area contributed by atoms with Crippen LogP contribution in [0.5, 0.6) is 0 Å². The Morgan fingerprint density at radius 2 is 1.83 bits per heavy atom. The number of benzene rings is 1. The number of piperazine rings is 1. The van der Waals surface area contributed by atoms with Gasteiger partial charge in [-0.2, -0.15) is 0 Å². The Balaban J connectivity index is 1.39. The Hall–Kier alpha value is -1.92. The lowest BCUT2D eigenvalue weighted by Gasteiger charge is -2.35. The van der Waals surface area contributed by atoms with E-state index in [0.717, 1.165) is 27.8 Å². The SMILES string of the molecule is O=C(c1cc2ccccc2s1)N1CCN(C(=O)C2CCCO2)CC1. The van der Waals surface area contributed by atoms with Gasteiger partial charge in [0, 0.05) is 37.5 Å². The number of hydrogen-bond acceptors (Lipinski definition) is 4. The van der Waals surface area contributed by atoms with Gasteiger partial charge in [0.15, 0.2) is 0 Å². The Labute approximate surface area is 144 Å². The third kappa shape index (κ3) is 2.91. The molecule has 2 aliphatic heterocycles. The van der Waals surface area contributed by atoms with Crippen molar-refractivity contribution in [3.63, 3.8) is 0 Å². The standard InChI is InChI=1S/C18H20N2O3S/c21-17(14-5-3-11-23-14)19-7-9-20(10-8-19)18(22)16-12-13-4-1-2-6-15(13)24-16/h1-2,4,6,12,14H,3,5,7-11H2. The van der Waals surface area contributed by atoms with Crippen LogP contribution in [0.15, 0.2) is 30.3 Å². The molecule has 2 aromatic rings. The van der Waals surface area contributed by atoms with Crippen LogP contribution in [0.3, 0.4) is 0 Å². The maximum absolute atomic E-state index is 12.7. The lowest BCUT2D eigenvalue weighted by molar-refractivity contribution is -0.142. The van der Waals surface area contributed by atoms with Gasteiger partial charge in [0.2, 0.25) is 0 Å². The molecular weight excluding hydrogens is 324 g/mol. The first-order valence-electron chi connectivity index (χ1n) is 8.40. The van der Waals surface area contributed by atoms with Gasteiger partial charge in [0.1, 0.15) is 6.10 Å². The van der Waals surface area contributed by atoms with E-state index in [1.807, 2.05) is 40.1 Å². The molecule has 1 aromatic heterocycles. The van der Waals surface area contributed by atoms with Crippen LogP contribution >= 0.6 is 11.3 Å². The van der Waals surface area contributed by atoms with Crippen molar-refractivity contribution in [3.8, 4) is 0 Å². The summed E-state index contributed by atoms with van der Waals surface area (Å²) in [4.78, 5) is 29.5. The molecule has 4 rings (SSSR count). The van der Waals surface area contributed by atoms with E-state index in [1.165, 1.54) is 11.3 Å². The molecule has 0 N–H and O–H groups in total. The highest BCUT2D eigenvalue weighted by Crippen LogP contribution is 2.26. The summed E-state index contributed by atoms with van der Waals surface area (Å²) >= 11 is 1.53. The van der Waals surface area contributed by atoms with Crippen molar-refractivity contribution in [3.05, 3.63) is 35.2 Å². The van der Waals surface area contributed by atoms with Crippen molar-refractivity contribution < 1.29 is 14.3 Å². The lowest BCUT2D eigenvalue weighted by atomic mass is 10.2. The quantitative estimate of drug-likeness (QED) is 0.840. The summed E-state index contributed by atoms with van der Waals surface area (Å²) in [5, 5.41) is 1.11. The summed E-state index contributed by atoms with van der Waals surface area (Å²) in [6.07, 6.45) is 1.51. The molecule has 2 fully saturated rings. The number of nitrogens with zero attached hydrogens (tertiary/aromatic N) is 2. The fourth-order valence-corrected chi connectivity index (χ4v) is 4.38. The number of carbonyl (C=O) groups excluding carboxylic acids is 2. The predicted octanol–water partition coefficient (Wildman–Crippen LogP) is 2.36. The van der Waals surface area contributed by atoms with Crippen molar-refractivity contribution in [2.75, 3.05) is 32.8 Å². The van der Waals surface area contributed by atoms with Gasteiger partial charge in [-0.15, -0.1) is 11.3 Å². The van der Waals surface area contributed by atoms with Gasteiger partial charge in [0.25, 0.3) is 11.8 Å². The van der Waals surface area contributed by atoms with Crippen LogP contribution in [-0.2, 0) is 9.53 Å². The van der Waals surface area contributed by atoms with Gasteiger partial charge in [-0.1, -0.05) is 18.2 Å². The number of fused-ring (bicyclic) bond motifs is 1. The second-order valence-electron chi connectivity index (χ2n) is 6.27. The Bertz CT molecular complexity index is 725. The first kappa shape index (κ1) is 15.6. The first-order chi connectivity index (χ1) is 11.7. The van der Waals surface area contributed by atoms with E-state index in [1.54, 1.807) is 0 Å². The molecule has 0 bridgehead atoms. The molecule has 126 valence electrons. The fourth-order valence-electron chi connectivity index (χ4n) is 3.35. The van der Waals surface area contributed by atoms with Crippen LogP contribution in [0.1, 0.15) is 22.5 Å². The third-order valence-electron chi connectivity index (χ3n) is 4.72. The average Bonchev–Trinajstić information content (AvgIpc) is 3.30. The molecule has 0 radical (unpaired) electrons. The maximum Gasteiger partial charge on any atom is 0.264 e. The molecule has 0 saturated carbocycles. The lowest BCUT2D eigenvalue weighted by Crippen LogP contribution is -2.52. The molecule has 2 saturated heterocycles. The Morgan fingerprint density at radius 1 is 1.08 bits per heavy atom. The summed E-state index contributed by atoms with van der Waals surface area (Å²) in [7, 11) is 0. The second-order valence-corrected chi connectivity index (χ2v) is 7.35. The molecule has 2 amide bonds. The van der Waals surface area contributed by atoms with E-state index in [-0.39, 0.29) is 17.9 Å². The topological polar surface area (TPSA) is 49.9 Å². The highest BCUT2D eigenvalue weighted by molar-refractivity contribution is 7.20. The monoisotopic (exact) mass is 344 g/mol. The molecule has 0 spiro atoms. The third-order valence-corrected chi connectivity index (χ3v) is 5.82. The number of amides is 2. The zero-order chi connectivity index (χ0) is 16.5. The van der Waals surface area contributed by atoms with Crippen molar-refractivity contribution in [1.82, 2.24) is 9.80 Å². The number of carbonyl (C=O) groups is 2. The average molecular weight is 344 g/mol. The van der Waals surface area contributed by atoms with Crippen molar-refractivity contribution in [1.29, 1.82) is 0 Å². The minimum atomic E-state index is -0.269. The van der Waals surface area contributed by atoms with Gasteiger partial charge in [-0.05, 0) is 30.4 Å². The van der Waals surface area contributed by atoms with Crippen LogP contribution in [0.25, 0.3) is 10.1 Å². The van der Waals surface area contributed by atoms with Crippen molar-refractivity contribution in [2.24, 2.45) is 0 Å². The Morgan fingerprint density at radius 3 is 2.54 bits per heavy atom. The van der Waals surface area contributed by atoms with Gasteiger partial charge in [-0.3, -0.25) is 9.59 Å². The number of hydrogen-bond donors (Lipinski definition) is 0. The molecule has 24 heavy (non-hydrogen) atoms. The highest BCUT2D eigenvalue weighted by Gasteiger charge is 2.31. The maximum atomic E-state index is 12.7. The fraction of sp³-hybridized carbons (Fsp3) is 0.444. The van der Waals surface area contributed by atoms with Crippen LogP contribution in [0.4, 0.5) is 0 Å². The largest absolute Gasteiger partial charge is 0.368 e. The smallest absolute Gasteiger partial charge is 0.264 e. The van der Waals surface area contributed by atoms with E-state index in [2.05, 4.69) is 0 Å². The van der Waals surface area contributed by atoms with E-state index in [9.17, 15) is 9.59 Å². The van der Waals surface area contributed by atoms with Gasteiger partial charge in [0.05, 0.1) is 4.88 Å². The number of rotatable bonds is 2. The normalized spacial score (nSPS) is 21.4. The highest BCUT2D eigenvalue weighted by atomic mass is 32.1. The summed E-state index contributed by atoms with van der Waals surface area (Å²) in [6.45, 7) is 3.04. The van der Waals surface area contributed by atoms with Crippen LogP contribution < -0.4 is 0 Å². The van der Waals surface area contributed by atoms with Gasteiger partial charge >= 0.3 is 0 Å². The van der Waals surface area contributed by atoms with Gasteiger partial charge < -0.3 is 14.5 Å².